The summed E-state index contributed by atoms with van der Waals surface area (Å²) in [7, 11) is 0. The molecule has 6 heteroatoms. The highest BCUT2D eigenvalue weighted by Gasteiger charge is 2.18. The molecule has 0 saturated heterocycles. The van der Waals surface area contributed by atoms with Crippen molar-refractivity contribution in [3.05, 3.63) is 28.7 Å². The summed E-state index contributed by atoms with van der Waals surface area (Å²) in [5.41, 5.74) is 0.617. The van der Waals surface area contributed by atoms with Gasteiger partial charge in [0.15, 0.2) is 0 Å². The maximum Gasteiger partial charge on any atom is 0.323 e. The zero-order valence-corrected chi connectivity index (χ0v) is 12.5. The number of amides is 2. The largest absolute Gasteiger partial charge is 0.480 e. The summed E-state index contributed by atoms with van der Waals surface area (Å²) in [6.07, 6.45) is 0. The molecule has 0 aliphatic carbocycles. The number of para-hydroxylation sites is 1. The van der Waals surface area contributed by atoms with Gasteiger partial charge in [-0.15, -0.1) is 0 Å². The molecular weight excluding hydrogens is 312 g/mol. The second-order valence-corrected chi connectivity index (χ2v) is 5.43. The summed E-state index contributed by atoms with van der Waals surface area (Å²) in [5.74, 6) is -0.827. The topological polar surface area (TPSA) is 69.6 Å². The molecule has 0 radical (unpaired) electrons. The quantitative estimate of drug-likeness (QED) is 0.872. The third-order valence-corrected chi connectivity index (χ3v) is 3.01. The van der Waals surface area contributed by atoms with Crippen LogP contribution >= 0.6 is 15.9 Å². The minimum Gasteiger partial charge on any atom is -0.480 e. The van der Waals surface area contributed by atoms with Crippen LogP contribution in [0.3, 0.4) is 0 Å². The van der Waals surface area contributed by atoms with E-state index in [2.05, 4.69) is 21.2 Å². The Labute approximate surface area is 120 Å². The van der Waals surface area contributed by atoms with Gasteiger partial charge in [-0.2, -0.15) is 0 Å². The average Bonchev–Trinajstić information content (AvgIpc) is 2.30. The van der Waals surface area contributed by atoms with E-state index in [1.54, 1.807) is 18.2 Å². The molecule has 0 bridgehead atoms. The molecule has 0 fully saturated rings. The number of nitrogens with one attached hydrogen (secondary N) is 1. The van der Waals surface area contributed by atoms with Crippen molar-refractivity contribution in [2.45, 2.75) is 13.8 Å². The predicted molar refractivity (Wildman–Crippen MR) is 77.2 cm³/mol. The Hall–Kier alpha value is -1.56. The summed E-state index contributed by atoms with van der Waals surface area (Å²) in [4.78, 5) is 24.1. The fraction of sp³-hybridized carbons (Fsp3) is 0.385. The third-order valence-electron chi connectivity index (χ3n) is 2.31. The van der Waals surface area contributed by atoms with Crippen molar-refractivity contribution in [2.24, 2.45) is 5.92 Å². The molecule has 0 unspecified atom stereocenters. The van der Waals surface area contributed by atoms with Crippen molar-refractivity contribution >= 4 is 33.6 Å². The summed E-state index contributed by atoms with van der Waals surface area (Å²) >= 11 is 3.33. The maximum atomic E-state index is 12.1. The monoisotopic (exact) mass is 328 g/mol. The molecule has 5 nitrogen and oxygen atoms in total. The normalized spacial score (nSPS) is 10.3. The molecule has 2 amide bonds. The lowest BCUT2D eigenvalue weighted by molar-refractivity contribution is -0.137. The van der Waals surface area contributed by atoms with E-state index < -0.39 is 12.0 Å². The molecule has 0 aliphatic rings. The van der Waals surface area contributed by atoms with Gasteiger partial charge in [0.25, 0.3) is 0 Å². The first kappa shape index (κ1) is 15.5. The van der Waals surface area contributed by atoms with Crippen molar-refractivity contribution in [3.63, 3.8) is 0 Å². The fourth-order valence-electron chi connectivity index (χ4n) is 1.58. The number of anilines is 1. The molecule has 0 saturated carbocycles. The maximum absolute atomic E-state index is 12.1. The zero-order valence-electron chi connectivity index (χ0n) is 10.9. The summed E-state index contributed by atoms with van der Waals surface area (Å²) in [5, 5.41) is 11.5. The van der Waals surface area contributed by atoms with Gasteiger partial charge in [0.05, 0.1) is 5.69 Å². The lowest BCUT2D eigenvalue weighted by Crippen LogP contribution is -2.41. The van der Waals surface area contributed by atoms with E-state index in [1.807, 2.05) is 19.9 Å². The molecule has 19 heavy (non-hydrogen) atoms. The second-order valence-electron chi connectivity index (χ2n) is 4.58. The standard InChI is InChI=1S/C13H17BrN2O3/c1-9(2)7-16(8-12(17)18)13(19)15-11-6-4-3-5-10(11)14/h3-6,9H,7-8H2,1-2H3,(H,15,19)(H,17,18). The predicted octanol–water partition coefficient (Wildman–Crippen LogP) is 3.02. The van der Waals surface area contributed by atoms with Gasteiger partial charge in [-0.1, -0.05) is 26.0 Å². The van der Waals surface area contributed by atoms with E-state index in [0.29, 0.717) is 12.2 Å². The van der Waals surface area contributed by atoms with Crippen molar-refractivity contribution < 1.29 is 14.7 Å². The van der Waals surface area contributed by atoms with Gasteiger partial charge >= 0.3 is 12.0 Å². The van der Waals surface area contributed by atoms with Crippen LogP contribution in [0.2, 0.25) is 0 Å². The Morgan fingerprint density at radius 3 is 2.53 bits per heavy atom. The van der Waals surface area contributed by atoms with Crippen molar-refractivity contribution in [1.82, 2.24) is 4.90 Å². The molecular formula is C13H17BrN2O3. The molecule has 1 aromatic carbocycles. The Balaban J connectivity index is 2.76. The van der Waals surface area contributed by atoms with Crippen molar-refractivity contribution in [1.29, 1.82) is 0 Å². The second kappa shape index (κ2) is 7.13. The van der Waals surface area contributed by atoms with Crippen LogP contribution in [0.25, 0.3) is 0 Å². The molecule has 0 aliphatic heterocycles. The number of urea groups is 1. The number of nitrogens with zero attached hydrogens (tertiary/aromatic N) is 1. The van der Waals surface area contributed by atoms with E-state index in [1.165, 1.54) is 4.90 Å². The van der Waals surface area contributed by atoms with Crippen LogP contribution in [-0.4, -0.2) is 35.1 Å². The number of benzene rings is 1. The number of carbonyl (C=O) groups excluding carboxylic acids is 1. The third kappa shape index (κ3) is 5.30. The molecule has 0 aromatic heterocycles. The number of carboxylic acid groups (broad SMARTS) is 1. The van der Waals surface area contributed by atoms with E-state index in [0.717, 1.165) is 4.47 Å². The number of carboxylic acids is 1. The Kier molecular flexibility index (Phi) is 5.82. The number of halogens is 1. The number of hydrogen-bond acceptors (Lipinski definition) is 2. The number of carbonyl (C=O) groups is 2. The fourth-order valence-corrected chi connectivity index (χ4v) is 1.96. The lowest BCUT2D eigenvalue weighted by Gasteiger charge is -2.23. The molecule has 0 spiro atoms. The summed E-state index contributed by atoms with van der Waals surface area (Å²) in [6, 6.07) is 6.77. The van der Waals surface area contributed by atoms with Gasteiger partial charge in [0.2, 0.25) is 0 Å². The Bertz CT molecular complexity index is 463. The minimum atomic E-state index is -1.03. The van der Waals surface area contributed by atoms with Gasteiger partial charge in [-0.3, -0.25) is 4.79 Å². The highest BCUT2D eigenvalue weighted by molar-refractivity contribution is 9.10. The highest BCUT2D eigenvalue weighted by atomic mass is 79.9. The minimum absolute atomic E-state index is 0.198. The molecule has 2 N–H and O–H groups in total. The number of aliphatic carboxylic acids is 1. The van der Waals surface area contributed by atoms with Crippen LogP contribution in [0.15, 0.2) is 28.7 Å². The smallest absolute Gasteiger partial charge is 0.323 e. The SMILES string of the molecule is CC(C)CN(CC(=O)O)C(=O)Nc1ccccc1Br. The molecule has 1 rings (SSSR count). The van der Waals surface area contributed by atoms with Crippen LogP contribution < -0.4 is 5.32 Å². The first-order valence-electron chi connectivity index (χ1n) is 5.92. The number of rotatable bonds is 5. The van der Waals surface area contributed by atoms with E-state index in [9.17, 15) is 9.59 Å². The van der Waals surface area contributed by atoms with E-state index >= 15 is 0 Å². The van der Waals surface area contributed by atoms with Crippen LogP contribution in [0.5, 0.6) is 0 Å². The van der Waals surface area contributed by atoms with Crippen LogP contribution in [-0.2, 0) is 4.79 Å². The Morgan fingerprint density at radius 1 is 1.37 bits per heavy atom. The van der Waals surface area contributed by atoms with Crippen LogP contribution in [0.1, 0.15) is 13.8 Å². The molecule has 0 atom stereocenters. The Morgan fingerprint density at radius 2 is 2.00 bits per heavy atom. The van der Waals surface area contributed by atoms with Crippen molar-refractivity contribution in [3.8, 4) is 0 Å². The van der Waals surface area contributed by atoms with Crippen LogP contribution in [0, 0.1) is 5.92 Å². The molecule has 104 valence electrons. The molecule has 1 aromatic rings. The number of hydrogen-bond donors (Lipinski definition) is 2. The summed E-state index contributed by atoms with van der Waals surface area (Å²) < 4.78 is 0.753. The van der Waals surface area contributed by atoms with Gasteiger partial charge in [0.1, 0.15) is 6.54 Å². The average molecular weight is 329 g/mol. The van der Waals surface area contributed by atoms with Gasteiger partial charge < -0.3 is 15.3 Å². The summed E-state index contributed by atoms with van der Waals surface area (Å²) in [6.45, 7) is 3.94. The van der Waals surface area contributed by atoms with Gasteiger partial charge in [-0.25, -0.2) is 4.79 Å². The van der Waals surface area contributed by atoms with Gasteiger partial charge in [-0.05, 0) is 34.0 Å². The van der Waals surface area contributed by atoms with E-state index in [4.69, 9.17) is 5.11 Å². The zero-order chi connectivity index (χ0) is 14.4. The van der Waals surface area contributed by atoms with Gasteiger partial charge in [0, 0.05) is 11.0 Å². The van der Waals surface area contributed by atoms with Crippen LogP contribution in [0.4, 0.5) is 10.5 Å². The van der Waals surface area contributed by atoms with E-state index in [-0.39, 0.29) is 12.5 Å². The lowest BCUT2D eigenvalue weighted by atomic mass is 10.2. The molecule has 0 heterocycles. The highest BCUT2D eigenvalue weighted by Crippen LogP contribution is 2.21. The first-order chi connectivity index (χ1) is 8.90. The first-order valence-corrected chi connectivity index (χ1v) is 6.71. The van der Waals surface area contributed by atoms with Crippen molar-refractivity contribution in [2.75, 3.05) is 18.4 Å².